The molecule has 1 aliphatic rings. The van der Waals surface area contributed by atoms with E-state index in [4.69, 9.17) is 22.9 Å². The Morgan fingerprint density at radius 1 is 1.18 bits per heavy atom. The second kappa shape index (κ2) is 5.33. The van der Waals surface area contributed by atoms with Crippen LogP contribution in [0.5, 0.6) is 11.5 Å². The van der Waals surface area contributed by atoms with Crippen LogP contribution in [0.1, 0.15) is 0 Å². The van der Waals surface area contributed by atoms with Crippen LogP contribution in [-0.4, -0.2) is 13.7 Å². The molecule has 0 aliphatic carbocycles. The highest BCUT2D eigenvalue weighted by Crippen LogP contribution is 2.44. The monoisotopic (exact) mass is 333 g/mol. The first-order chi connectivity index (χ1) is 10.5. The number of nitrogens with one attached hydrogen (secondary N) is 1. The van der Waals surface area contributed by atoms with Gasteiger partial charge in [-0.25, -0.2) is 4.85 Å². The highest BCUT2D eigenvalue weighted by atomic mass is 35.5. The van der Waals surface area contributed by atoms with E-state index >= 15 is 0 Å². The van der Waals surface area contributed by atoms with E-state index in [1.807, 2.05) is 6.07 Å². The van der Waals surface area contributed by atoms with E-state index in [0.717, 1.165) is 0 Å². The Morgan fingerprint density at radius 3 is 2.59 bits per heavy atom. The number of nitrogens with zero attached hydrogens (tertiary/aromatic N) is 2. The Labute approximate surface area is 131 Å². The molecule has 0 saturated heterocycles. The Kier molecular flexibility index (Phi) is 3.48. The molecule has 0 amide bonds. The standard InChI is InChI=1S/C14H8ClN3O3S/c1-16-10-7-8-11-12(17-14(15)18-22(11,19)20)13(10)21-9-5-3-2-4-6-9/h2-8H,(H,17,18). The van der Waals surface area contributed by atoms with Crippen LogP contribution < -0.4 is 10.1 Å². The number of para-hydroxylation sites is 1. The number of hydrogen-bond donors (Lipinski definition) is 1. The van der Waals surface area contributed by atoms with Crippen LogP contribution in [0.4, 0.5) is 11.4 Å². The summed E-state index contributed by atoms with van der Waals surface area (Å²) in [6.45, 7) is 7.22. The number of hydrogen-bond acceptors (Lipinski definition) is 4. The molecule has 22 heavy (non-hydrogen) atoms. The summed E-state index contributed by atoms with van der Waals surface area (Å²) in [5, 5.41) is 2.35. The van der Waals surface area contributed by atoms with Gasteiger partial charge in [-0.3, -0.25) is 0 Å². The molecule has 0 unspecified atom stereocenters. The lowest BCUT2D eigenvalue weighted by Crippen LogP contribution is -2.17. The number of fused-ring (bicyclic) bond motifs is 1. The van der Waals surface area contributed by atoms with Gasteiger partial charge in [-0.1, -0.05) is 24.3 Å². The zero-order valence-electron chi connectivity index (χ0n) is 10.9. The summed E-state index contributed by atoms with van der Waals surface area (Å²) in [7, 11) is -3.92. The van der Waals surface area contributed by atoms with Crippen LogP contribution in [0.25, 0.3) is 4.85 Å². The largest absolute Gasteiger partial charge is 0.466 e. The SMILES string of the molecule is [C-]#[N+]c1ccc2c(c1Oc1ccccc1)NC(Cl)=NS2(=O)=O. The van der Waals surface area contributed by atoms with E-state index in [1.165, 1.54) is 12.1 Å². The van der Waals surface area contributed by atoms with Crippen molar-refractivity contribution in [2.24, 2.45) is 4.40 Å². The van der Waals surface area contributed by atoms with Gasteiger partial charge in [0.25, 0.3) is 10.0 Å². The Morgan fingerprint density at radius 2 is 1.91 bits per heavy atom. The summed E-state index contributed by atoms with van der Waals surface area (Å²) in [5.74, 6) is 0.564. The minimum absolute atomic E-state index is 0.0877. The minimum atomic E-state index is -3.92. The molecule has 0 saturated carbocycles. The summed E-state index contributed by atoms with van der Waals surface area (Å²) in [6.07, 6.45) is 0. The van der Waals surface area contributed by atoms with Gasteiger partial charge in [-0.15, -0.1) is 4.40 Å². The van der Waals surface area contributed by atoms with Gasteiger partial charge in [-0.2, -0.15) is 8.42 Å². The highest BCUT2D eigenvalue weighted by Gasteiger charge is 2.29. The van der Waals surface area contributed by atoms with E-state index in [-0.39, 0.29) is 27.3 Å². The van der Waals surface area contributed by atoms with Crippen molar-refractivity contribution in [3.05, 3.63) is 53.9 Å². The normalized spacial score (nSPS) is 15.0. The van der Waals surface area contributed by atoms with Gasteiger partial charge in [0.1, 0.15) is 10.6 Å². The van der Waals surface area contributed by atoms with Crippen LogP contribution in [0, 0.1) is 6.57 Å². The molecule has 0 spiro atoms. The molecule has 0 bridgehead atoms. The molecule has 2 aromatic carbocycles. The lowest BCUT2D eigenvalue weighted by molar-refractivity contribution is 0.486. The zero-order valence-corrected chi connectivity index (χ0v) is 12.5. The molecule has 2 aromatic rings. The van der Waals surface area contributed by atoms with E-state index in [9.17, 15) is 8.42 Å². The summed E-state index contributed by atoms with van der Waals surface area (Å²) < 4.78 is 33.1. The van der Waals surface area contributed by atoms with Crippen LogP contribution in [0.3, 0.4) is 0 Å². The maximum absolute atomic E-state index is 12.0. The van der Waals surface area contributed by atoms with E-state index in [1.54, 1.807) is 24.3 Å². The number of ether oxygens (including phenoxy) is 1. The molecule has 0 atom stereocenters. The molecule has 1 aliphatic heterocycles. The molecule has 8 heteroatoms. The molecule has 3 rings (SSSR count). The molecule has 0 aromatic heterocycles. The lowest BCUT2D eigenvalue weighted by atomic mass is 10.2. The van der Waals surface area contributed by atoms with Crippen molar-refractivity contribution in [2.45, 2.75) is 4.90 Å². The summed E-state index contributed by atoms with van der Waals surface area (Å²) >= 11 is 5.73. The lowest BCUT2D eigenvalue weighted by Gasteiger charge is -2.19. The second-order valence-electron chi connectivity index (χ2n) is 4.30. The Balaban J connectivity index is 2.20. The molecular formula is C14H8ClN3O3S. The van der Waals surface area contributed by atoms with Gasteiger partial charge in [0.05, 0.1) is 12.3 Å². The predicted molar refractivity (Wildman–Crippen MR) is 83.3 cm³/mol. The highest BCUT2D eigenvalue weighted by molar-refractivity contribution is 7.90. The number of benzene rings is 2. The molecular weight excluding hydrogens is 326 g/mol. The van der Waals surface area contributed by atoms with E-state index in [0.29, 0.717) is 5.75 Å². The first-order valence-corrected chi connectivity index (χ1v) is 7.88. The average Bonchev–Trinajstić information content (AvgIpc) is 2.48. The van der Waals surface area contributed by atoms with Crippen molar-refractivity contribution in [2.75, 3.05) is 5.32 Å². The number of anilines is 1. The molecule has 0 radical (unpaired) electrons. The van der Waals surface area contributed by atoms with Gasteiger partial charge >= 0.3 is 0 Å². The number of sulfonamides is 1. The summed E-state index contributed by atoms with van der Waals surface area (Å²) in [6, 6.07) is 11.4. The van der Waals surface area contributed by atoms with Gasteiger partial charge < -0.3 is 10.1 Å². The van der Waals surface area contributed by atoms with Crippen LogP contribution >= 0.6 is 11.6 Å². The molecule has 1 N–H and O–H groups in total. The quantitative estimate of drug-likeness (QED) is 0.671. The average molecular weight is 334 g/mol. The number of amidine groups is 1. The smallest absolute Gasteiger partial charge is 0.287 e. The zero-order chi connectivity index (χ0) is 15.7. The fraction of sp³-hybridized carbons (Fsp3) is 0. The van der Waals surface area contributed by atoms with Gasteiger partial charge in [0.15, 0.2) is 5.75 Å². The van der Waals surface area contributed by atoms with Crippen LogP contribution in [0.2, 0.25) is 0 Å². The van der Waals surface area contributed by atoms with Crippen molar-refractivity contribution in [1.29, 1.82) is 0 Å². The third kappa shape index (κ3) is 2.50. The van der Waals surface area contributed by atoms with Crippen LogP contribution in [-0.2, 0) is 10.0 Å². The second-order valence-corrected chi connectivity index (χ2v) is 6.23. The van der Waals surface area contributed by atoms with E-state index in [2.05, 4.69) is 14.6 Å². The fourth-order valence-corrected chi connectivity index (χ4v) is 3.33. The first kappa shape index (κ1) is 14.4. The van der Waals surface area contributed by atoms with Crippen molar-refractivity contribution >= 4 is 38.3 Å². The van der Waals surface area contributed by atoms with Crippen molar-refractivity contribution < 1.29 is 13.2 Å². The van der Waals surface area contributed by atoms with Crippen LogP contribution in [0.15, 0.2) is 51.8 Å². The topological polar surface area (TPSA) is 72.1 Å². The third-order valence-corrected chi connectivity index (χ3v) is 4.49. The van der Waals surface area contributed by atoms with Gasteiger partial charge in [-0.05, 0) is 29.8 Å². The van der Waals surface area contributed by atoms with Crippen molar-refractivity contribution in [3.8, 4) is 11.5 Å². The van der Waals surface area contributed by atoms with Gasteiger partial charge in [0, 0.05) is 0 Å². The summed E-state index contributed by atoms with van der Waals surface area (Å²) in [5.41, 5.74) is 0.272. The maximum Gasteiger partial charge on any atom is 0.287 e. The number of rotatable bonds is 2. The van der Waals surface area contributed by atoms with Crippen molar-refractivity contribution in [3.63, 3.8) is 0 Å². The molecule has 1 heterocycles. The fourth-order valence-electron chi connectivity index (χ4n) is 1.97. The van der Waals surface area contributed by atoms with Crippen molar-refractivity contribution in [1.82, 2.24) is 0 Å². The number of halogens is 1. The molecule has 6 nitrogen and oxygen atoms in total. The minimum Gasteiger partial charge on any atom is -0.466 e. The maximum atomic E-state index is 12.0. The summed E-state index contributed by atoms with van der Waals surface area (Å²) in [4.78, 5) is 3.27. The molecule has 0 fully saturated rings. The van der Waals surface area contributed by atoms with Gasteiger partial charge in [0.2, 0.25) is 11.0 Å². The first-order valence-electron chi connectivity index (χ1n) is 6.06. The predicted octanol–water partition coefficient (Wildman–Crippen LogP) is 3.74. The molecule has 110 valence electrons. The third-order valence-electron chi connectivity index (χ3n) is 2.89. The Hall–Kier alpha value is -2.56. The van der Waals surface area contributed by atoms with E-state index < -0.39 is 10.0 Å². The Bertz CT molecular complexity index is 918.